The van der Waals surface area contributed by atoms with Crippen LogP contribution in [-0.4, -0.2) is 43.5 Å². The Labute approximate surface area is 147 Å². The Morgan fingerprint density at radius 2 is 2.00 bits per heavy atom. The summed E-state index contributed by atoms with van der Waals surface area (Å²) in [5.41, 5.74) is 9.86. The topological polar surface area (TPSA) is 44.9 Å². The van der Waals surface area contributed by atoms with E-state index in [0.29, 0.717) is 5.84 Å². The number of hydrogen-bond donors (Lipinski definition) is 1. The van der Waals surface area contributed by atoms with Gasteiger partial charge in [0.15, 0.2) is 0 Å². The summed E-state index contributed by atoms with van der Waals surface area (Å²) in [4.78, 5) is 10.7. The van der Waals surface area contributed by atoms with E-state index in [1.807, 2.05) is 17.5 Å². The van der Waals surface area contributed by atoms with Crippen LogP contribution in [0.25, 0.3) is 0 Å². The summed E-state index contributed by atoms with van der Waals surface area (Å²) in [5, 5.41) is 2.03. The van der Waals surface area contributed by atoms with Crippen molar-refractivity contribution >= 4 is 28.5 Å². The van der Waals surface area contributed by atoms with Gasteiger partial charge in [-0.1, -0.05) is 12.1 Å². The number of rotatable bonds is 5. The smallest absolute Gasteiger partial charge is 0.141 e. The van der Waals surface area contributed by atoms with Crippen LogP contribution in [0, 0.1) is 0 Å². The highest BCUT2D eigenvalue weighted by molar-refractivity contribution is 7.12. The van der Waals surface area contributed by atoms with Gasteiger partial charge in [-0.05, 0) is 61.5 Å². The van der Waals surface area contributed by atoms with Gasteiger partial charge < -0.3 is 15.5 Å². The molecule has 4 rings (SSSR count). The third kappa shape index (κ3) is 3.32. The molecule has 2 N–H and O–H groups in total. The van der Waals surface area contributed by atoms with Crippen molar-refractivity contribution in [1.82, 2.24) is 4.90 Å². The van der Waals surface area contributed by atoms with Gasteiger partial charge >= 0.3 is 0 Å². The van der Waals surface area contributed by atoms with Crippen molar-refractivity contribution in [3.8, 4) is 0 Å². The Balaban J connectivity index is 1.49. The van der Waals surface area contributed by atoms with Crippen LogP contribution in [0.15, 0.2) is 40.7 Å². The molecule has 0 spiro atoms. The monoisotopic (exact) mass is 340 g/mol. The maximum Gasteiger partial charge on any atom is 0.141 e. The van der Waals surface area contributed by atoms with Crippen molar-refractivity contribution < 1.29 is 0 Å². The number of thiophene rings is 1. The van der Waals surface area contributed by atoms with Crippen LogP contribution < -0.4 is 10.6 Å². The molecule has 1 saturated heterocycles. The van der Waals surface area contributed by atoms with Crippen LogP contribution >= 0.6 is 11.3 Å². The summed E-state index contributed by atoms with van der Waals surface area (Å²) >= 11 is 1.63. The maximum absolute atomic E-state index is 6.13. The molecule has 0 amide bonds. The van der Waals surface area contributed by atoms with Gasteiger partial charge in [-0.25, -0.2) is 4.99 Å². The molecule has 5 heteroatoms. The number of anilines is 1. The number of aliphatic imine (C=N–C) groups is 1. The van der Waals surface area contributed by atoms with E-state index >= 15 is 0 Å². The molecule has 126 valence electrons. The number of amidine groups is 1. The molecule has 4 nitrogen and oxygen atoms in total. The van der Waals surface area contributed by atoms with Gasteiger partial charge in [-0.2, -0.15) is 0 Å². The number of likely N-dealkylation sites (tertiary alicyclic amines) is 1. The fraction of sp³-hybridized carbons (Fsp3) is 0.421. The van der Waals surface area contributed by atoms with Gasteiger partial charge in [0, 0.05) is 25.3 Å². The lowest BCUT2D eigenvalue weighted by Gasteiger charge is -2.23. The average Bonchev–Trinajstić information content (AvgIpc) is 3.34. The minimum absolute atomic E-state index is 0.603. The standard InChI is InChI=1S/C19H24N4S/c20-19(18-4-3-13-24-18)21-16-6-5-15-7-10-23(17(15)14-16)12-11-22-8-1-2-9-22/h3-6,13-14H,1-2,7-12H2,(H2,20,21). The van der Waals surface area contributed by atoms with Gasteiger partial charge in [0.2, 0.25) is 0 Å². The summed E-state index contributed by atoms with van der Waals surface area (Å²) in [6.45, 7) is 5.94. The first-order valence-electron chi connectivity index (χ1n) is 8.78. The van der Waals surface area contributed by atoms with Crippen molar-refractivity contribution in [3.63, 3.8) is 0 Å². The van der Waals surface area contributed by atoms with Crippen molar-refractivity contribution in [1.29, 1.82) is 0 Å². The Hall–Kier alpha value is -1.85. The summed E-state index contributed by atoms with van der Waals surface area (Å²) in [7, 11) is 0. The predicted octanol–water partition coefficient (Wildman–Crippen LogP) is 3.24. The van der Waals surface area contributed by atoms with E-state index in [2.05, 4.69) is 33.0 Å². The molecule has 0 saturated carbocycles. The molecule has 0 aliphatic carbocycles. The highest BCUT2D eigenvalue weighted by Gasteiger charge is 2.20. The molecule has 2 aromatic rings. The van der Waals surface area contributed by atoms with Crippen molar-refractivity contribution in [2.24, 2.45) is 10.7 Å². The van der Waals surface area contributed by atoms with Crippen LogP contribution in [0.3, 0.4) is 0 Å². The molecule has 1 fully saturated rings. The zero-order valence-corrected chi connectivity index (χ0v) is 14.8. The summed E-state index contributed by atoms with van der Waals surface area (Å²) in [5.74, 6) is 0.603. The molecule has 0 bridgehead atoms. The molecule has 0 unspecified atom stereocenters. The van der Waals surface area contributed by atoms with E-state index in [1.54, 1.807) is 11.3 Å². The van der Waals surface area contributed by atoms with Crippen LogP contribution in [-0.2, 0) is 6.42 Å². The van der Waals surface area contributed by atoms with E-state index in [4.69, 9.17) is 5.73 Å². The van der Waals surface area contributed by atoms with Gasteiger partial charge in [0.25, 0.3) is 0 Å². The molecule has 2 aliphatic rings. The van der Waals surface area contributed by atoms with Gasteiger partial charge in [-0.15, -0.1) is 11.3 Å². The minimum Gasteiger partial charge on any atom is -0.383 e. The molecule has 1 aromatic heterocycles. The average molecular weight is 340 g/mol. The lowest BCUT2D eigenvalue weighted by atomic mass is 10.1. The second kappa shape index (κ2) is 6.95. The molecule has 2 aliphatic heterocycles. The fourth-order valence-corrected chi connectivity index (χ4v) is 4.25. The Bertz CT molecular complexity index is 717. The van der Waals surface area contributed by atoms with Crippen LogP contribution in [0.5, 0.6) is 0 Å². The quantitative estimate of drug-likeness (QED) is 0.671. The number of nitrogens with two attached hydrogens (primary N) is 1. The summed E-state index contributed by atoms with van der Waals surface area (Å²) in [6, 6.07) is 10.5. The molecule has 24 heavy (non-hydrogen) atoms. The SMILES string of the molecule is NC(=Nc1ccc2c(c1)N(CCN1CCCC1)CC2)c1cccs1. The molecule has 0 atom stereocenters. The zero-order chi connectivity index (χ0) is 16.4. The number of benzene rings is 1. The molecule has 1 aromatic carbocycles. The first-order chi connectivity index (χ1) is 11.8. The first kappa shape index (κ1) is 15.7. The fourth-order valence-electron chi connectivity index (χ4n) is 3.62. The van der Waals surface area contributed by atoms with Crippen molar-refractivity contribution in [3.05, 3.63) is 46.2 Å². The number of hydrogen-bond acceptors (Lipinski definition) is 4. The Morgan fingerprint density at radius 1 is 1.12 bits per heavy atom. The lowest BCUT2D eigenvalue weighted by molar-refractivity contribution is 0.345. The Kier molecular flexibility index (Phi) is 4.54. The normalized spacial score (nSPS) is 18.3. The van der Waals surface area contributed by atoms with Crippen molar-refractivity contribution in [2.45, 2.75) is 19.3 Å². The zero-order valence-electron chi connectivity index (χ0n) is 13.9. The summed E-state index contributed by atoms with van der Waals surface area (Å²) in [6.07, 6.45) is 3.86. The third-order valence-corrected chi connectivity index (χ3v) is 5.86. The molecule has 0 radical (unpaired) electrons. The summed E-state index contributed by atoms with van der Waals surface area (Å²) < 4.78 is 0. The second-order valence-electron chi connectivity index (χ2n) is 6.57. The van der Waals surface area contributed by atoms with Gasteiger partial charge in [-0.3, -0.25) is 0 Å². The molecule has 3 heterocycles. The first-order valence-corrected chi connectivity index (χ1v) is 9.66. The predicted molar refractivity (Wildman–Crippen MR) is 103 cm³/mol. The lowest BCUT2D eigenvalue weighted by Crippen LogP contribution is -2.32. The highest BCUT2D eigenvalue weighted by Crippen LogP contribution is 2.32. The molecular weight excluding hydrogens is 316 g/mol. The van der Waals surface area contributed by atoms with E-state index in [9.17, 15) is 0 Å². The van der Waals surface area contributed by atoms with Crippen LogP contribution in [0.2, 0.25) is 0 Å². The van der Waals surface area contributed by atoms with Crippen molar-refractivity contribution in [2.75, 3.05) is 37.6 Å². The van der Waals surface area contributed by atoms with E-state index in [0.717, 1.165) is 30.1 Å². The van der Waals surface area contributed by atoms with E-state index in [-0.39, 0.29) is 0 Å². The Morgan fingerprint density at radius 3 is 2.79 bits per heavy atom. The van der Waals surface area contributed by atoms with E-state index < -0.39 is 0 Å². The van der Waals surface area contributed by atoms with Gasteiger partial charge in [0.1, 0.15) is 5.84 Å². The third-order valence-electron chi connectivity index (χ3n) is 4.97. The second-order valence-corrected chi connectivity index (χ2v) is 7.52. The largest absolute Gasteiger partial charge is 0.383 e. The molecular formula is C19H24N4S. The van der Waals surface area contributed by atoms with Crippen LogP contribution in [0.1, 0.15) is 23.3 Å². The number of fused-ring (bicyclic) bond motifs is 1. The van der Waals surface area contributed by atoms with E-state index in [1.165, 1.54) is 43.7 Å². The highest BCUT2D eigenvalue weighted by atomic mass is 32.1. The minimum atomic E-state index is 0.603. The maximum atomic E-state index is 6.13. The van der Waals surface area contributed by atoms with Gasteiger partial charge in [0.05, 0.1) is 10.6 Å². The van der Waals surface area contributed by atoms with Crippen LogP contribution in [0.4, 0.5) is 11.4 Å². The number of nitrogens with zero attached hydrogens (tertiary/aromatic N) is 3.